The molecule has 3 atom stereocenters. The summed E-state index contributed by atoms with van der Waals surface area (Å²) in [4.78, 5) is 12.5. The van der Waals surface area contributed by atoms with Crippen molar-refractivity contribution >= 4 is 15.9 Å². The van der Waals surface area contributed by atoms with Crippen molar-refractivity contribution in [3.8, 4) is 5.75 Å². The van der Waals surface area contributed by atoms with Crippen molar-refractivity contribution in [2.75, 3.05) is 6.61 Å². The number of nitrogens with one attached hydrogen (secondary N) is 2. The number of hydrogen-bond donors (Lipinski definition) is 2. The third-order valence-corrected chi connectivity index (χ3v) is 8.67. The number of carbonyl (C=O) groups is 1. The molecular formula is C22H29FN2O4S. The van der Waals surface area contributed by atoms with E-state index < -0.39 is 27.0 Å². The molecule has 164 valence electrons. The number of sulfonamides is 1. The molecule has 1 amide bonds. The van der Waals surface area contributed by atoms with Crippen molar-refractivity contribution in [3.63, 3.8) is 0 Å². The summed E-state index contributed by atoms with van der Waals surface area (Å²) >= 11 is 0. The number of piperidine rings is 2. The van der Waals surface area contributed by atoms with Crippen LogP contribution in [0.25, 0.3) is 0 Å². The Morgan fingerprint density at radius 2 is 1.80 bits per heavy atom. The lowest BCUT2D eigenvalue weighted by molar-refractivity contribution is 0.0977. The Morgan fingerprint density at radius 1 is 1.10 bits per heavy atom. The maximum Gasteiger partial charge on any atom is 0.267 e. The van der Waals surface area contributed by atoms with Gasteiger partial charge in [-0.25, -0.2) is 17.5 Å². The molecule has 0 aromatic heterocycles. The molecule has 5 rings (SSSR count). The zero-order valence-corrected chi connectivity index (χ0v) is 17.8. The predicted octanol–water partition coefficient (Wildman–Crippen LogP) is 3.22. The second-order valence-corrected chi connectivity index (χ2v) is 11.4. The third-order valence-electron chi connectivity index (χ3n) is 6.85. The fourth-order valence-electron chi connectivity index (χ4n) is 4.96. The summed E-state index contributed by atoms with van der Waals surface area (Å²) in [5, 5.41) is 3.14. The number of benzene rings is 1. The second-order valence-electron chi connectivity index (χ2n) is 9.46. The molecule has 8 heteroatoms. The quantitative estimate of drug-likeness (QED) is 0.686. The molecule has 0 radical (unpaired) electrons. The van der Waals surface area contributed by atoms with Crippen LogP contribution in [0.1, 0.15) is 79.6 Å². The lowest BCUT2D eigenvalue weighted by atomic mass is 9.81. The number of ether oxygens (including phenoxy) is 1. The Labute approximate surface area is 177 Å². The molecule has 2 saturated carbocycles. The van der Waals surface area contributed by atoms with E-state index in [2.05, 4.69) is 5.32 Å². The maximum atomic E-state index is 14.8. The molecule has 4 aliphatic rings. The number of rotatable bonds is 7. The number of carbonyl (C=O) groups excluding carboxylic acids is 1. The largest absolute Gasteiger partial charge is 0.493 e. The maximum absolute atomic E-state index is 14.8. The SMILES string of the molecule is O=C(NS(=O)(=O)C1CC1)c1cc(C2CC2)c(OC[C@@H]2C[C@H]3CCC[C@@H](C2)N3)cc1F. The Balaban J connectivity index is 1.30. The highest BCUT2D eigenvalue weighted by Gasteiger charge is 2.38. The first-order valence-electron chi connectivity index (χ1n) is 11.2. The van der Waals surface area contributed by atoms with Crippen LogP contribution in [0, 0.1) is 11.7 Å². The Kier molecular flexibility index (Phi) is 5.25. The number of hydrogen-bond acceptors (Lipinski definition) is 5. The minimum absolute atomic E-state index is 0.218. The van der Waals surface area contributed by atoms with Crippen molar-refractivity contribution < 1.29 is 22.3 Å². The standard InChI is InChI=1S/C22H29FN2O4S/c23-20-11-21(29-12-13-8-15-2-1-3-16(9-13)24-15)18(14-4-5-14)10-19(20)22(26)25-30(27,28)17-6-7-17/h10-11,13-17,24H,1-9,12H2,(H,25,26)/t13-,15-,16+. The molecule has 30 heavy (non-hydrogen) atoms. The molecule has 2 aliphatic carbocycles. The van der Waals surface area contributed by atoms with Gasteiger partial charge in [0.2, 0.25) is 10.0 Å². The van der Waals surface area contributed by atoms with E-state index in [0.717, 1.165) is 31.2 Å². The van der Waals surface area contributed by atoms with Crippen LogP contribution in [0.15, 0.2) is 12.1 Å². The summed E-state index contributed by atoms with van der Waals surface area (Å²) in [6.07, 6.45) is 8.90. The summed E-state index contributed by atoms with van der Waals surface area (Å²) in [5.74, 6) is -0.428. The van der Waals surface area contributed by atoms with Gasteiger partial charge in [-0.2, -0.15) is 0 Å². The van der Waals surface area contributed by atoms with Crippen LogP contribution in [-0.2, 0) is 10.0 Å². The molecule has 2 aliphatic heterocycles. The molecule has 2 bridgehead atoms. The number of fused-ring (bicyclic) bond motifs is 2. The van der Waals surface area contributed by atoms with E-state index in [0.29, 0.717) is 43.2 Å². The van der Waals surface area contributed by atoms with E-state index >= 15 is 0 Å². The van der Waals surface area contributed by atoms with Gasteiger partial charge in [-0.3, -0.25) is 4.79 Å². The first-order valence-corrected chi connectivity index (χ1v) is 12.7. The van der Waals surface area contributed by atoms with Crippen LogP contribution in [-0.4, -0.2) is 38.3 Å². The molecule has 2 N–H and O–H groups in total. The lowest BCUT2D eigenvalue weighted by Crippen LogP contribution is -2.49. The molecule has 1 aromatic rings. The van der Waals surface area contributed by atoms with Crippen LogP contribution in [0.4, 0.5) is 4.39 Å². The van der Waals surface area contributed by atoms with Gasteiger partial charge in [-0.1, -0.05) is 6.42 Å². The van der Waals surface area contributed by atoms with Crippen LogP contribution in [0.3, 0.4) is 0 Å². The lowest BCUT2D eigenvalue weighted by Gasteiger charge is -2.40. The minimum Gasteiger partial charge on any atom is -0.493 e. The first-order chi connectivity index (χ1) is 14.4. The highest BCUT2D eigenvalue weighted by molar-refractivity contribution is 7.91. The van der Waals surface area contributed by atoms with E-state index in [1.54, 1.807) is 0 Å². The fraction of sp³-hybridized carbons (Fsp3) is 0.682. The molecule has 2 heterocycles. The van der Waals surface area contributed by atoms with E-state index in [1.807, 2.05) is 4.72 Å². The van der Waals surface area contributed by atoms with E-state index in [-0.39, 0.29) is 11.5 Å². The van der Waals surface area contributed by atoms with E-state index in [9.17, 15) is 17.6 Å². The van der Waals surface area contributed by atoms with Crippen LogP contribution in [0.5, 0.6) is 5.75 Å². The summed E-state index contributed by atoms with van der Waals surface area (Å²) in [5.41, 5.74) is 0.601. The van der Waals surface area contributed by atoms with Gasteiger partial charge in [-0.05, 0) is 74.8 Å². The highest BCUT2D eigenvalue weighted by Crippen LogP contribution is 2.45. The summed E-state index contributed by atoms with van der Waals surface area (Å²) < 4.78 is 47.0. The van der Waals surface area contributed by atoms with Crippen LogP contribution < -0.4 is 14.8 Å². The smallest absolute Gasteiger partial charge is 0.267 e. The average molecular weight is 437 g/mol. The molecular weight excluding hydrogens is 407 g/mol. The monoisotopic (exact) mass is 436 g/mol. The second kappa shape index (κ2) is 7.79. The number of amides is 1. The van der Waals surface area contributed by atoms with Gasteiger partial charge in [0.05, 0.1) is 17.4 Å². The topological polar surface area (TPSA) is 84.5 Å². The number of halogens is 1. The third kappa shape index (κ3) is 4.35. The molecule has 1 aromatic carbocycles. The summed E-state index contributed by atoms with van der Waals surface area (Å²) in [6, 6.07) is 3.89. The highest BCUT2D eigenvalue weighted by atomic mass is 32.2. The van der Waals surface area contributed by atoms with Gasteiger partial charge in [0.15, 0.2) is 0 Å². The van der Waals surface area contributed by atoms with Gasteiger partial charge in [0.1, 0.15) is 11.6 Å². The van der Waals surface area contributed by atoms with Gasteiger partial charge >= 0.3 is 0 Å². The van der Waals surface area contributed by atoms with Crippen molar-refractivity contribution in [1.82, 2.24) is 10.0 Å². The molecule has 2 saturated heterocycles. The normalized spacial score (nSPS) is 28.8. The molecule has 0 unspecified atom stereocenters. The van der Waals surface area contributed by atoms with Gasteiger partial charge in [0, 0.05) is 18.2 Å². The van der Waals surface area contributed by atoms with E-state index in [4.69, 9.17) is 4.74 Å². The van der Waals surface area contributed by atoms with Crippen molar-refractivity contribution in [3.05, 3.63) is 29.1 Å². The van der Waals surface area contributed by atoms with Gasteiger partial charge < -0.3 is 10.1 Å². The summed E-state index contributed by atoms with van der Waals surface area (Å²) in [7, 11) is -3.71. The van der Waals surface area contributed by atoms with Crippen molar-refractivity contribution in [1.29, 1.82) is 0 Å². The zero-order chi connectivity index (χ0) is 20.9. The zero-order valence-electron chi connectivity index (χ0n) is 17.0. The molecule has 0 spiro atoms. The van der Waals surface area contributed by atoms with Crippen LogP contribution >= 0.6 is 0 Å². The molecule has 6 nitrogen and oxygen atoms in total. The van der Waals surface area contributed by atoms with Gasteiger partial charge in [0.25, 0.3) is 5.91 Å². The van der Waals surface area contributed by atoms with Crippen LogP contribution in [0.2, 0.25) is 0 Å². The van der Waals surface area contributed by atoms with Crippen molar-refractivity contribution in [2.24, 2.45) is 5.92 Å². The summed E-state index contributed by atoms with van der Waals surface area (Å²) in [6.45, 7) is 0.551. The van der Waals surface area contributed by atoms with Gasteiger partial charge in [-0.15, -0.1) is 0 Å². The van der Waals surface area contributed by atoms with Crippen molar-refractivity contribution in [2.45, 2.75) is 81.0 Å². The van der Waals surface area contributed by atoms with E-state index in [1.165, 1.54) is 31.4 Å². The first kappa shape index (κ1) is 20.2. The predicted molar refractivity (Wildman–Crippen MR) is 111 cm³/mol. The fourth-order valence-corrected chi connectivity index (χ4v) is 6.25. The average Bonchev–Trinajstić information content (AvgIpc) is 3.58. The minimum atomic E-state index is -3.71. The molecule has 4 fully saturated rings. The Hall–Kier alpha value is -1.67. The Morgan fingerprint density at radius 3 is 2.43 bits per heavy atom. The Bertz CT molecular complexity index is 931.